The first-order valence-corrected chi connectivity index (χ1v) is 15.4. The summed E-state index contributed by atoms with van der Waals surface area (Å²) in [5, 5.41) is 0. The van der Waals surface area contributed by atoms with Crippen LogP contribution in [0.3, 0.4) is 0 Å². The number of hydrogen-bond acceptors (Lipinski definition) is 3. The molecule has 2 aliphatic heterocycles. The Hall–Kier alpha value is -2.80. The molecule has 220 valence electrons. The van der Waals surface area contributed by atoms with E-state index in [1.165, 1.54) is 49.8 Å². The second-order valence-electron chi connectivity index (χ2n) is 12.9. The van der Waals surface area contributed by atoms with Crippen LogP contribution in [0.15, 0.2) is 67.0 Å². The molecule has 41 heavy (non-hydrogen) atoms. The van der Waals surface area contributed by atoms with Crippen molar-refractivity contribution in [1.82, 2.24) is 14.5 Å². The minimum Gasteiger partial charge on any atom is -0.371 e. The molecule has 3 atom stereocenters. The maximum absolute atomic E-state index is 12.9. The zero-order valence-electron chi connectivity index (χ0n) is 24.4. The van der Waals surface area contributed by atoms with Gasteiger partial charge in [-0.2, -0.15) is 13.2 Å². The minimum absolute atomic E-state index is 0.0879. The maximum atomic E-state index is 12.9. The summed E-state index contributed by atoms with van der Waals surface area (Å²) in [5.74, 6) is 3.64. The molecule has 1 aliphatic carbocycles. The number of aryl methyl sites for hydroxylation is 1. The Morgan fingerprint density at radius 1 is 0.878 bits per heavy atom. The van der Waals surface area contributed by atoms with E-state index in [0.717, 1.165) is 50.8 Å². The van der Waals surface area contributed by atoms with Crippen LogP contribution in [0, 0.1) is 30.6 Å². The molecule has 3 unspecified atom stereocenters. The zero-order valence-corrected chi connectivity index (χ0v) is 24.4. The second kappa shape index (κ2) is 11.5. The van der Waals surface area contributed by atoms with E-state index in [2.05, 4.69) is 69.7 Å². The van der Waals surface area contributed by atoms with E-state index in [1.54, 1.807) is 12.1 Å². The average Bonchev–Trinajstić information content (AvgIpc) is 3.57. The van der Waals surface area contributed by atoms with Crippen molar-refractivity contribution in [3.05, 3.63) is 83.9 Å². The van der Waals surface area contributed by atoms with E-state index in [9.17, 15) is 13.2 Å². The largest absolute Gasteiger partial charge is 0.416 e. The van der Waals surface area contributed by atoms with Gasteiger partial charge in [0, 0.05) is 55.6 Å². The molecule has 0 radical (unpaired) electrons. The number of nitrogens with zero attached hydrogens (tertiary/aromatic N) is 4. The van der Waals surface area contributed by atoms with Crippen LogP contribution in [-0.4, -0.2) is 47.2 Å². The van der Waals surface area contributed by atoms with Gasteiger partial charge in [-0.15, -0.1) is 0 Å². The summed E-state index contributed by atoms with van der Waals surface area (Å²) in [4.78, 5) is 9.43. The fourth-order valence-electron chi connectivity index (χ4n) is 8.36. The van der Waals surface area contributed by atoms with E-state index >= 15 is 0 Å². The molecule has 3 aliphatic rings. The Balaban J connectivity index is 1.14. The van der Waals surface area contributed by atoms with Gasteiger partial charge in [0.1, 0.15) is 5.82 Å². The van der Waals surface area contributed by atoms with E-state index in [1.807, 2.05) is 6.20 Å². The summed E-state index contributed by atoms with van der Waals surface area (Å²) in [6.07, 6.45) is 6.15. The number of likely N-dealkylation sites (tertiary alicyclic amines) is 1. The number of benzene rings is 2. The van der Waals surface area contributed by atoms with Crippen molar-refractivity contribution in [1.29, 1.82) is 0 Å². The lowest BCUT2D eigenvalue weighted by atomic mass is 9.57. The van der Waals surface area contributed by atoms with E-state index in [0.29, 0.717) is 23.7 Å². The first-order chi connectivity index (χ1) is 19.7. The highest BCUT2D eigenvalue weighted by molar-refractivity contribution is 5.50. The lowest BCUT2D eigenvalue weighted by Gasteiger charge is -2.51. The zero-order chi connectivity index (χ0) is 28.6. The van der Waals surface area contributed by atoms with Gasteiger partial charge in [-0.05, 0) is 86.9 Å². The SMILES string of the molecule is Cc1nccn1CC(c1ccccc1)(C1CCN(CC2CN(c3ccc(C(F)(F)F)cc3)C2)CC1)C1CCCC1C. The van der Waals surface area contributed by atoms with Gasteiger partial charge in [0.2, 0.25) is 0 Å². The first-order valence-electron chi connectivity index (χ1n) is 15.4. The Morgan fingerprint density at radius 2 is 1.59 bits per heavy atom. The van der Waals surface area contributed by atoms with Gasteiger partial charge in [-0.1, -0.05) is 50.1 Å². The van der Waals surface area contributed by atoms with E-state index in [-0.39, 0.29) is 5.41 Å². The van der Waals surface area contributed by atoms with Crippen LogP contribution >= 0.6 is 0 Å². The average molecular weight is 565 g/mol. The van der Waals surface area contributed by atoms with Crippen molar-refractivity contribution in [3.63, 3.8) is 0 Å². The highest BCUT2D eigenvalue weighted by atomic mass is 19.4. The fourth-order valence-corrected chi connectivity index (χ4v) is 8.36. The van der Waals surface area contributed by atoms with Crippen LogP contribution in [-0.2, 0) is 18.1 Å². The highest BCUT2D eigenvalue weighted by Crippen LogP contribution is 2.53. The molecule has 0 N–H and O–H groups in total. The molecule has 2 aromatic carbocycles. The monoisotopic (exact) mass is 564 g/mol. The van der Waals surface area contributed by atoms with Gasteiger partial charge >= 0.3 is 6.18 Å². The van der Waals surface area contributed by atoms with Gasteiger partial charge in [0.15, 0.2) is 0 Å². The van der Waals surface area contributed by atoms with Crippen molar-refractivity contribution in [2.45, 2.75) is 64.1 Å². The third kappa shape index (κ3) is 5.67. The summed E-state index contributed by atoms with van der Waals surface area (Å²) < 4.78 is 41.2. The normalized spacial score (nSPS) is 24.4. The van der Waals surface area contributed by atoms with Crippen molar-refractivity contribution in [2.24, 2.45) is 23.7 Å². The predicted octanol–water partition coefficient (Wildman–Crippen LogP) is 7.43. The highest BCUT2D eigenvalue weighted by Gasteiger charge is 2.50. The summed E-state index contributed by atoms with van der Waals surface area (Å²) in [5.41, 5.74) is 1.89. The molecular formula is C34H43F3N4. The van der Waals surface area contributed by atoms with Crippen molar-refractivity contribution in [2.75, 3.05) is 37.6 Å². The molecule has 3 aromatic rings. The van der Waals surface area contributed by atoms with Crippen molar-refractivity contribution >= 4 is 5.69 Å². The Morgan fingerprint density at radius 3 is 2.17 bits per heavy atom. The number of piperidine rings is 1. The van der Waals surface area contributed by atoms with Crippen molar-refractivity contribution in [3.8, 4) is 0 Å². The first kappa shape index (κ1) is 28.3. The topological polar surface area (TPSA) is 24.3 Å². The van der Waals surface area contributed by atoms with Crippen LogP contribution in [0.1, 0.15) is 56.0 Å². The molecule has 0 spiro atoms. The van der Waals surface area contributed by atoms with E-state index in [4.69, 9.17) is 0 Å². The molecule has 3 heterocycles. The van der Waals surface area contributed by atoms with Crippen LogP contribution in [0.2, 0.25) is 0 Å². The van der Waals surface area contributed by atoms with Crippen molar-refractivity contribution < 1.29 is 13.2 Å². The number of hydrogen-bond donors (Lipinski definition) is 0. The Kier molecular flexibility index (Phi) is 7.92. The quantitative estimate of drug-likeness (QED) is 0.284. The molecule has 4 nitrogen and oxygen atoms in total. The van der Waals surface area contributed by atoms with Gasteiger partial charge in [0.25, 0.3) is 0 Å². The number of imidazole rings is 1. The molecule has 2 saturated heterocycles. The second-order valence-corrected chi connectivity index (χ2v) is 12.9. The number of aromatic nitrogens is 2. The Labute approximate surface area is 242 Å². The Bertz CT molecular complexity index is 1270. The smallest absolute Gasteiger partial charge is 0.371 e. The third-order valence-electron chi connectivity index (χ3n) is 10.5. The molecule has 0 amide bonds. The lowest BCUT2D eigenvalue weighted by molar-refractivity contribution is -0.137. The number of anilines is 1. The minimum atomic E-state index is -4.28. The molecule has 1 saturated carbocycles. The van der Waals surface area contributed by atoms with Gasteiger partial charge < -0.3 is 14.4 Å². The maximum Gasteiger partial charge on any atom is 0.416 e. The summed E-state index contributed by atoms with van der Waals surface area (Å²) in [6, 6.07) is 17.0. The van der Waals surface area contributed by atoms with Gasteiger partial charge in [0.05, 0.1) is 5.56 Å². The molecule has 7 heteroatoms. The molecular weight excluding hydrogens is 521 g/mol. The van der Waals surface area contributed by atoms with Crippen LogP contribution in [0.4, 0.5) is 18.9 Å². The molecule has 1 aromatic heterocycles. The molecule has 6 rings (SSSR count). The summed E-state index contributed by atoms with van der Waals surface area (Å²) in [7, 11) is 0. The lowest BCUT2D eigenvalue weighted by Crippen LogP contribution is -2.54. The third-order valence-corrected chi connectivity index (χ3v) is 10.5. The van der Waals surface area contributed by atoms with Gasteiger partial charge in [-0.25, -0.2) is 4.98 Å². The van der Waals surface area contributed by atoms with Crippen LogP contribution in [0.25, 0.3) is 0 Å². The van der Waals surface area contributed by atoms with E-state index < -0.39 is 11.7 Å². The van der Waals surface area contributed by atoms with Gasteiger partial charge in [-0.3, -0.25) is 0 Å². The number of rotatable bonds is 8. The number of alkyl halides is 3. The number of halogens is 3. The summed E-state index contributed by atoms with van der Waals surface area (Å²) in [6.45, 7) is 10.7. The standard InChI is InChI=1S/C34H43F3N4/c1-25-7-6-10-32(25)33(28-8-4-3-5-9-28,24-40-20-17-38-26(40)2)29-15-18-39(19-16-29)21-27-22-41(23-27)31-13-11-30(12-14-31)34(35,36)37/h3-5,8-9,11-14,17,20,25,27,29,32H,6-7,10,15-16,18-19,21-24H2,1-2H3. The fraction of sp³-hybridized carbons (Fsp3) is 0.559. The summed E-state index contributed by atoms with van der Waals surface area (Å²) >= 11 is 0. The molecule has 0 bridgehead atoms. The molecule has 3 fully saturated rings. The predicted molar refractivity (Wildman–Crippen MR) is 158 cm³/mol. The van der Waals surface area contributed by atoms with Crippen LogP contribution < -0.4 is 4.90 Å². The van der Waals surface area contributed by atoms with Crippen LogP contribution in [0.5, 0.6) is 0 Å².